The van der Waals surface area contributed by atoms with E-state index in [4.69, 9.17) is 11.6 Å². The van der Waals surface area contributed by atoms with Gasteiger partial charge in [-0.1, -0.05) is 35.9 Å². The van der Waals surface area contributed by atoms with Crippen LogP contribution in [0.4, 0.5) is 4.39 Å². The highest BCUT2D eigenvalue weighted by Crippen LogP contribution is 2.36. The van der Waals surface area contributed by atoms with Crippen molar-refractivity contribution in [2.45, 2.75) is 31.3 Å². The molecule has 0 spiro atoms. The third-order valence-corrected chi connectivity index (χ3v) is 7.01. The van der Waals surface area contributed by atoms with Crippen LogP contribution in [0.15, 0.2) is 71.6 Å². The molecule has 5 nitrogen and oxygen atoms in total. The summed E-state index contributed by atoms with van der Waals surface area (Å²) in [5.41, 5.74) is 2.85. The fourth-order valence-electron chi connectivity index (χ4n) is 3.80. The van der Waals surface area contributed by atoms with E-state index in [1.165, 1.54) is 18.4 Å². The van der Waals surface area contributed by atoms with Crippen LogP contribution >= 0.6 is 11.6 Å². The van der Waals surface area contributed by atoms with Crippen molar-refractivity contribution in [1.82, 2.24) is 9.78 Å². The van der Waals surface area contributed by atoms with Crippen molar-refractivity contribution in [3.8, 4) is 28.1 Å². The van der Waals surface area contributed by atoms with Crippen molar-refractivity contribution < 1.29 is 17.9 Å². The third-order valence-electron chi connectivity index (χ3n) is 5.58. The molecule has 0 radical (unpaired) electrons. The zero-order valence-electron chi connectivity index (χ0n) is 19.2. The summed E-state index contributed by atoms with van der Waals surface area (Å²) in [6, 6.07) is 18.4. The molecule has 3 aromatic carbocycles. The SMILES string of the molecule is Cc1cc(-n2nc(C(C)(C)O)cc2-c2c(F)cccc2Cl)ccc1-c1cccc(S(C)(=O)=O)c1. The number of hydrogen-bond donors (Lipinski definition) is 1. The summed E-state index contributed by atoms with van der Waals surface area (Å²) in [7, 11) is -3.34. The number of hydrogen-bond acceptors (Lipinski definition) is 4. The van der Waals surface area contributed by atoms with Crippen molar-refractivity contribution in [2.75, 3.05) is 6.26 Å². The number of sulfone groups is 1. The van der Waals surface area contributed by atoms with Gasteiger partial charge in [0.1, 0.15) is 11.4 Å². The first-order chi connectivity index (χ1) is 15.9. The molecule has 0 aliphatic rings. The number of aryl methyl sites for hydroxylation is 1. The summed E-state index contributed by atoms with van der Waals surface area (Å²) in [6.45, 7) is 5.12. The second kappa shape index (κ2) is 8.65. The molecular weight excluding hydrogens is 475 g/mol. The highest BCUT2D eigenvalue weighted by molar-refractivity contribution is 7.90. The van der Waals surface area contributed by atoms with E-state index in [1.807, 2.05) is 31.2 Å². The number of aliphatic hydroxyl groups is 1. The monoisotopic (exact) mass is 498 g/mol. The Labute approximate surface area is 203 Å². The molecule has 0 bridgehead atoms. The summed E-state index contributed by atoms with van der Waals surface area (Å²) in [4.78, 5) is 0.242. The van der Waals surface area contributed by atoms with E-state index in [2.05, 4.69) is 5.10 Å². The molecule has 4 aromatic rings. The molecular formula is C26H24ClFN2O3S. The maximum atomic E-state index is 14.8. The molecule has 34 heavy (non-hydrogen) atoms. The predicted octanol–water partition coefficient (Wildman–Crippen LogP) is 5.94. The van der Waals surface area contributed by atoms with Crippen molar-refractivity contribution >= 4 is 21.4 Å². The zero-order valence-corrected chi connectivity index (χ0v) is 20.7. The molecule has 8 heteroatoms. The summed E-state index contributed by atoms with van der Waals surface area (Å²) < 4.78 is 40.3. The molecule has 0 saturated heterocycles. The summed E-state index contributed by atoms with van der Waals surface area (Å²) >= 11 is 6.34. The fraction of sp³-hybridized carbons (Fsp3) is 0.192. The minimum Gasteiger partial charge on any atom is -0.384 e. The molecule has 0 aliphatic heterocycles. The van der Waals surface area contributed by atoms with Gasteiger partial charge in [-0.3, -0.25) is 0 Å². The van der Waals surface area contributed by atoms with Crippen LogP contribution in [0, 0.1) is 12.7 Å². The maximum absolute atomic E-state index is 14.8. The summed E-state index contributed by atoms with van der Waals surface area (Å²) in [5, 5.41) is 15.3. The van der Waals surface area contributed by atoms with Crippen LogP contribution in [-0.4, -0.2) is 29.6 Å². The molecule has 0 amide bonds. The largest absolute Gasteiger partial charge is 0.384 e. The molecule has 1 aromatic heterocycles. The lowest BCUT2D eigenvalue weighted by molar-refractivity contribution is 0.0734. The van der Waals surface area contributed by atoms with E-state index in [0.29, 0.717) is 17.1 Å². The van der Waals surface area contributed by atoms with Gasteiger partial charge in [0.25, 0.3) is 0 Å². The molecule has 4 rings (SSSR count). The second-order valence-electron chi connectivity index (χ2n) is 8.78. The van der Waals surface area contributed by atoms with Gasteiger partial charge in [-0.15, -0.1) is 0 Å². The van der Waals surface area contributed by atoms with Gasteiger partial charge in [-0.25, -0.2) is 17.5 Å². The first-order valence-electron chi connectivity index (χ1n) is 10.5. The van der Waals surface area contributed by atoms with Crippen molar-refractivity contribution in [2.24, 2.45) is 0 Å². The molecule has 0 fully saturated rings. The van der Waals surface area contributed by atoms with Crippen LogP contribution in [0.3, 0.4) is 0 Å². The van der Waals surface area contributed by atoms with Crippen molar-refractivity contribution in [1.29, 1.82) is 0 Å². The summed E-state index contributed by atoms with van der Waals surface area (Å²) in [6.07, 6.45) is 1.18. The molecule has 0 unspecified atom stereocenters. The maximum Gasteiger partial charge on any atom is 0.175 e. The summed E-state index contributed by atoms with van der Waals surface area (Å²) in [5.74, 6) is -0.498. The normalized spacial score (nSPS) is 12.2. The Bertz CT molecular complexity index is 1480. The molecule has 1 N–H and O–H groups in total. The average Bonchev–Trinajstić information content (AvgIpc) is 3.18. The van der Waals surface area contributed by atoms with Crippen molar-refractivity contribution in [3.63, 3.8) is 0 Å². The number of nitrogens with zero attached hydrogens (tertiary/aromatic N) is 2. The molecule has 1 heterocycles. The molecule has 176 valence electrons. The van der Waals surface area contributed by atoms with Gasteiger partial charge in [0.2, 0.25) is 0 Å². The van der Waals surface area contributed by atoms with Gasteiger partial charge in [0.05, 0.1) is 32.6 Å². The van der Waals surface area contributed by atoms with Crippen molar-refractivity contribution in [3.05, 3.63) is 88.8 Å². The number of benzene rings is 3. The lowest BCUT2D eigenvalue weighted by Crippen LogP contribution is -2.16. The Morgan fingerprint density at radius 3 is 2.35 bits per heavy atom. The standard InChI is InChI=1S/C26H24ClFN2O3S/c1-16-13-18(11-12-20(16)17-7-5-8-19(14-17)34(4,32)33)30-23(15-24(29-30)26(2,3)31)25-21(27)9-6-10-22(25)28/h5-15,31H,1-4H3. The quantitative estimate of drug-likeness (QED) is 0.369. The highest BCUT2D eigenvalue weighted by Gasteiger charge is 2.25. The van der Waals surface area contributed by atoms with Crippen LogP contribution < -0.4 is 0 Å². The lowest BCUT2D eigenvalue weighted by Gasteiger charge is -2.14. The number of halogens is 2. The molecule has 0 saturated carbocycles. The van der Waals surface area contributed by atoms with E-state index in [1.54, 1.807) is 48.9 Å². The van der Waals surface area contributed by atoms with E-state index < -0.39 is 21.3 Å². The first-order valence-corrected chi connectivity index (χ1v) is 12.8. The number of rotatable bonds is 5. The average molecular weight is 499 g/mol. The van der Waals surface area contributed by atoms with E-state index in [9.17, 15) is 17.9 Å². The Morgan fingerprint density at radius 2 is 1.74 bits per heavy atom. The lowest BCUT2D eigenvalue weighted by atomic mass is 10.00. The van der Waals surface area contributed by atoms with E-state index >= 15 is 0 Å². The van der Waals surface area contributed by atoms with Crippen LogP contribution in [0.1, 0.15) is 25.1 Å². The fourth-order valence-corrected chi connectivity index (χ4v) is 4.72. The van der Waals surface area contributed by atoms with Gasteiger partial charge in [0, 0.05) is 6.26 Å². The van der Waals surface area contributed by atoms with Crippen LogP contribution in [0.25, 0.3) is 28.1 Å². The topological polar surface area (TPSA) is 72.2 Å². The Hall–Kier alpha value is -3.00. The minimum absolute atomic E-state index is 0.190. The molecule has 0 aliphatic carbocycles. The smallest absolute Gasteiger partial charge is 0.175 e. The Morgan fingerprint density at radius 1 is 1.03 bits per heavy atom. The van der Waals surface area contributed by atoms with Crippen LogP contribution in [0.2, 0.25) is 5.02 Å². The third kappa shape index (κ3) is 4.64. The minimum atomic E-state index is -3.34. The Kier molecular flexibility index (Phi) is 6.14. The Balaban J connectivity index is 1.88. The van der Waals surface area contributed by atoms with Crippen LogP contribution in [0.5, 0.6) is 0 Å². The van der Waals surface area contributed by atoms with Gasteiger partial charge < -0.3 is 5.11 Å². The van der Waals surface area contributed by atoms with E-state index in [-0.39, 0.29) is 15.5 Å². The highest BCUT2D eigenvalue weighted by atomic mass is 35.5. The van der Waals surface area contributed by atoms with Gasteiger partial charge in [-0.05, 0) is 79.9 Å². The number of aromatic nitrogens is 2. The molecule has 0 atom stereocenters. The van der Waals surface area contributed by atoms with Gasteiger partial charge >= 0.3 is 0 Å². The van der Waals surface area contributed by atoms with E-state index in [0.717, 1.165) is 16.7 Å². The second-order valence-corrected chi connectivity index (χ2v) is 11.2. The first kappa shape index (κ1) is 24.1. The van der Waals surface area contributed by atoms with Crippen LogP contribution in [-0.2, 0) is 15.4 Å². The predicted molar refractivity (Wildman–Crippen MR) is 132 cm³/mol. The van der Waals surface area contributed by atoms with Gasteiger partial charge in [0.15, 0.2) is 9.84 Å². The van der Waals surface area contributed by atoms with Gasteiger partial charge in [-0.2, -0.15) is 5.10 Å². The zero-order chi connectivity index (χ0) is 24.8.